The molecule has 1 atom stereocenters. The second kappa shape index (κ2) is 8.39. The molecule has 0 saturated carbocycles. The Hall–Kier alpha value is -2.61. The highest BCUT2D eigenvalue weighted by atomic mass is 32.1. The van der Waals surface area contributed by atoms with Crippen molar-refractivity contribution in [3.05, 3.63) is 29.3 Å². The SMILES string of the molecule is COc1ccc(-c2nc(CC(=O)N3CCCC[C@@H]3C(=O)O)cs2)cc1OC. The first kappa shape index (κ1) is 19.2. The van der Waals surface area contributed by atoms with Crippen LogP contribution in [0.3, 0.4) is 0 Å². The summed E-state index contributed by atoms with van der Waals surface area (Å²) in [6.07, 6.45) is 2.28. The van der Waals surface area contributed by atoms with Crippen molar-refractivity contribution in [3.8, 4) is 22.1 Å². The number of methoxy groups -OCH3 is 2. The number of aliphatic carboxylic acids is 1. The second-order valence-electron chi connectivity index (χ2n) is 6.33. The predicted molar refractivity (Wildman–Crippen MR) is 101 cm³/mol. The van der Waals surface area contributed by atoms with Crippen molar-refractivity contribution in [2.45, 2.75) is 31.7 Å². The van der Waals surface area contributed by atoms with E-state index >= 15 is 0 Å². The zero-order valence-electron chi connectivity index (χ0n) is 15.3. The van der Waals surface area contributed by atoms with Crippen LogP contribution in [-0.2, 0) is 16.0 Å². The molecule has 144 valence electrons. The minimum Gasteiger partial charge on any atom is -0.493 e. The second-order valence-corrected chi connectivity index (χ2v) is 7.19. The van der Waals surface area contributed by atoms with E-state index in [4.69, 9.17) is 9.47 Å². The number of rotatable bonds is 6. The van der Waals surface area contributed by atoms with Crippen molar-refractivity contribution in [1.82, 2.24) is 9.88 Å². The van der Waals surface area contributed by atoms with Gasteiger partial charge < -0.3 is 19.5 Å². The summed E-state index contributed by atoms with van der Waals surface area (Å²) in [5.41, 5.74) is 1.52. The van der Waals surface area contributed by atoms with Gasteiger partial charge in [-0.1, -0.05) is 0 Å². The van der Waals surface area contributed by atoms with Crippen LogP contribution in [0.25, 0.3) is 10.6 Å². The number of carboxylic acids is 1. The molecule has 3 rings (SSSR count). The van der Waals surface area contributed by atoms with Gasteiger partial charge in [-0.3, -0.25) is 4.79 Å². The van der Waals surface area contributed by atoms with E-state index in [9.17, 15) is 14.7 Å². The van der Waals surface area contributed by atoms with Crippen LogP contribution in [-0.4, -0.2) is 53.7 Å². The molecule has 0 bridgehead atoms. The topological polar surface area (TPSA) is 89.0 Å². The minimum absolute atomic E-state index is 0.105. The van der Waals surface area contributed by atoms with Gasteiger partial charge in [-0.05, 0) is 37.5 Å². The Bertz CT molecular complexity index is 835. The molecule has 1 aromatic carbocycles. The average Bonchev–Trinajstić information content (AvgIpc) is 3.15. The molecule has 0 aliphatic carbocycles. The Labute approximate surface area is 161 Å². The summed E-state index contributed by atoms with van der Waals surface area (Å²) >= 11 is 1.44. The normalized spacial score (nSPS) is 16.8. The molecule has 0 radical (unpaired) electrons. The van der Waals surface area contributed by atoms with Gasteiger partial charge in [0.1, 0.15) is 11.0 Å². The molecule has 27 heavy (non-hydrogen) atoms. The smallest absolute Gasteiger partial charge is 0.326 e. The van der Waals surface area contributed by atoms with Crippen molar-refractivity contribution in [2.75, 3.05) is 20.8 Å². The lowest BCUT2D eigenvalue weighted by Gasteiger charge is -2.32. The van der Waals surface area contributed by atoms with Gasteiger partial charge in [-0.2, -0.15) is 0 Å². The van der Waals surface area contributed by atoms with Crippen LogP contribution in [0.5, 0.6) is 11.5 Å². The Morgan fingerprint density at radius 1 is 1.26 bits per heavy atom. The van der Waals surface area contributed by atoms with E-state index in [-0.39, 0.29) is 12.3 Å². The number of nitrogens with zero attached hydrogens (tertiary/aromatic N) is 2. The van der Waals surface area contributed by atoms with Crippen molar-refractivity contribution < 1.29 is 24.2 Å². The van der Waals surface area contributed by atoms with E-state index < -0.39 is 12.0 Å². The lowest BCUT2D eigenvalue weighted by atomic mass is 10.0. The van der Waals surface area contributed by atoms with Crippen LogP contribution in [0, 0.1) is 0 Å². The average molecular weight is 390 g/mol. The van der Waals surface area contributed by atoms with Crippen molar-refractivity contribution in [3.63, 3.8) is 0 Å². The van der Waals surface area contributed by atoms with E-state index in [2.05, 4.69) is 4.98 Å². The molecule has 2 heterocycles. The number of hydrogen-bond donors (Lipinski definition) is 1. The van der Waals surface area contributed by atoms with Crippen LogP contribution >= 0.6 is 11.3 Å². The number of hydrogen-bond acceptors (Lipinski definition) is 6. The molecule has 8 heteroatoms. The first-order valence-corrected chi connectivity index (χ1v) is 9.60. The third kappa shape index (κ3) is 4.21. The monoisotopic (exact) mass is 390 g/mol. The summed E-state index contributed by atoms with van der Waals surface area (Å²) in [5.74, 6) is 0.122. The van der Waals surface area contributed by atoms with E-state index in [1.54, 1.807) is 14.2 Å². The summed E-state index contributed by atoms with van der Waals surface area (Å²) in [6.45, 7) is 0.489. The third-order valence-corrected chi connectivity index (χ3v) is 5.56. The zero-order chi connectivity index (χ0) is 19.4. The molecule has 1 fully saturated rings. The van der Waals surface area contributed by atoms with Gasteiger partial charge in [0, 0.05) is 17.5 Å². The number of carbonyl (C=O) groups is 2. The molecule has 1 N–H and O–H groups in total. The van der Waals surface area contributed by atoms with Crippen LogP contribution in [0.1, 0.15) is 25.0 Å². The summed E-state index contributed by atoms with van der Waals surface area (Å²) in [5, 5.41) is 11.9. The van der Waals surface area contributed by atoms with Crippen molar-refractivity contribution in [2.24, 2.45) is 0 Å². The molecule has 1 aliphatic rings. The highest BCUT2D eigenvalue weighted by Gasteiger charge is 2.32. The summed E-state index contributed by atoms with van der Waals surface area (Å²) in [4.78, 5) is 30.0. The first-order chi connectivity index (χ1) is 13.0. The standard InChI is InChI=1S/C19H22N2O5S/c1-25-15-7-6-12(9-16(15)26-2)18-20-13(11-27-18)10-17(22)21-8-4-3-5-14(21)19(23)24/h6-7,9,11,14H,3-5,8,10H2,1-2H3,(H,23,24)/t14-/m1/s1. The molecule has 0 unspecified atom stereocenters. The molecule has 1 aliphatic heterocycles. The number of likely N-dealkylation sites (tertiary alicyclic amines) is 1. The lowest BCUT2D eigenvalue weighted by Crippen LogP contribution is -2.48. The largest absolute Gasteiger partial charge is 0.493 e. The molecule has 2 aromatic rings. The molecular formula is C19H22N2O5S. The quantitative estimate of drug-likeness (QED) is 0.816. The highest BCUT2D eigenvalue weighted by Crippen LogP contribution is 2.33. The number of aromatic nitrogens is 1. The fourth-order valence-electron chi connectivity index (χ4n) is 3.23. The van der Waals surface area contributed by atoms with Gasteiger partial charge in [-0.15, -0.1) is 11.3 Å². The number of carboxylic acid groups (broad SMARTS) is 1. The number of ether oxygens (including phenoxy) is 2. The summed E-state index contributed by atoms with van der Waals surface area (Å²) < 4.78 is 10.6. The number of thiazole rings is 1. The highest BCUT2D eigenvalue weighted by molar-refractivity contribution is 7.13. The number of piperidine rings is 1. The Morgan fingerprint density at radius 2 is 2.04 bits per heavy atom. The maximum Gasteiger partial charge on any atom is 0.326 e. The Morgan fingerprint density at radius 3 is 2.74 bits per heavy atom. The van der Waals surface area contributed by atoms with Gasteiger partial charge in [0.2, 0.25) is 5.91 Å². The predicted octanol–water partition coefficient (Wildman–Crippen LogP) is 2.84. The molecule has 1 aromatic heterocycles. The molecule has 1 amide bonds. The molecular weight excluding hydrogens is 368 g/mol. The van der Waals surface area contributed by atoms with Gasteiger partial charge in [-0.25, -0.2) is 9.78 Å². The summed E-state index contributed by atoms with van der Waals surface area (Å²) in [7, 11) is 3.15. The first-order valence-electron chi connectivity index (χ1n) is 8.72. The fraction of sp³-hybridized carbons (Fsp3) is 0.421. The van der Waals surface area contributed by atoms with Gasteiger partial charge in [0.15, 0.2) is 11.5 Å². The number of amides is 1. The molecule has 1 saturated heterocycles. The maximum atomic E-state index is 12.6. The molecule has 7 nitrogen and oxygen atoms in total. The van der Waals surface area contributed by atoms with Crippen LogP contribution in [0.4, 0.5) is 0 Å². The number of benzene rings is 1. The Balaban J connectivity index is 1.74. The minimum atomic E-state index is -0.938. The maximum absolute atomic E-state index is 12.6. The van der Waals surface area contributed by atoms with Crippen molar-refractivity contribution in [1.29, 1.82) is 0 Å². The van der Waals surface area contributed by atoms with Crippen LogP contribution in [0.2, 0.25) is 0 Å². The van der Waals surface area contributed by atoms with E-state index in [1.807, 2.05) is 23.6 Å². The lowest BCUT2D eigenvalue weighted by molar-refractivity contribution is -0.151. The van der Waals surface area contributed by atoms with Gasteiger partial charge >= 0.3 is 5.97 Å². The third-order valence-electron chi connectivity index (χ3n) is 4.62. The fourth-order valence-corrected chi connectivity index (χ4v) is 4.05. The zero-order valence-corrected chi connectivity index (χ0v) is 16.1. The molecule has 0 spiro atoms. The van der Waals surface area contributed by atoms with Crippen LogP contribution in [0.15, 0.2) is 23.6 Å². The Kier molecular flexibility index (Phi) is 5.95. The van der Waals surface area contributed by atoms with E-state index in [0.29, 0.717) is 30.2 Å². The number of carbonyl (C=O) groups excluding carboxylic acids is 1. The van der Waals surface area contributed by atoms with E-state index in [1.165, 1.54) is 16.2 Å². The van der Waals surface area contributed by atoms with Gasteiger partial charge in [0.25, 0.3) is 0 Å². The van der Waals surface area contributed by atoms with E-state index in [0.717, 1.165) is 23.4 Å². The van der Waals surface area contributed by atoms with Gasteiger partial charge in [0.05, 0.1) is 26.3 Å². The van der Waals surface area contributed by atoms with Crippen LogP contribution < -0.4 is 9.47 Å². The summed E-state index contributed by atoms with van der Waals surface area (Å²) in [6, 6.07) is 4.81. The van der Waals surface area contributed by atoms with Crippen molar-refractivity contribution >= 4 is 23.2 Å².